The van der Waals surface area contributed by atoms with E-state index >= 15 is 0 Å². The summed E-state index contributed by atoms with van der Waals surface area (Å²) in [6.07, 6.45) is 5.01. The van der Waals surface area contributed by atoms with E-state index in [0.717, 1.165) is 17.9 Å². The van der Waals surface area contributed by atoms with Gasteiger partial charge in [-0.1, -0.05) is 13.3 Å². The van der Waals surface area contributed by atoms with Gasteiger partial charge in [0.05, 0.1) is 16.9 Å². The molecule has 2 aromatic rings. The van der Waals surface area contributed by atoms with Gasteiger partial charge in [0.25, 0.3) is 0 Å². The largest absolute Gasteiger partial charge is 0.326 e. The fraction of sp³-hybridized carbons (Fsp3) is 0.533. The van der Waals surface area contributed by atoms with Gasteiger partial charge in [0, 0.05) is 12.6 Å². The van der Waals surface area contributed by atoms with Crippen LogP contribution in [0.2, 0.25) is 0 Å². The molecule has 102 valence electrons. The first-order valence-corrected chi connectivity index (χ1v) is 7.41. The molecule has 19 heavy (non-hydrogen) atoms. The first kappa shape index (κ1) is 12.9. The Hall–Kier alpha value is -1.09. The molecule has 0 unspecified atom stereocenters. The van der Waals surface area contributed by atoms with Gasteiger partial charge >= 0.3 is 0 Å². The molecule has 1 aliphatic rings. The maximum Gasteiger partial charge on any atom is 0.125 e. The number of nitrogens with zero attached hydrogens (tertiary/aromatic N) is 2. The smallest absolute Gasteiger partial charge is 0.125 e. The molecular formula is C15H18ClFN2. The SMILES string of the molecule is CCCC1(Cn2c(CCl)nc3cc(F)ccc32)CC1. The fourth-order valence-corrected chi connectivity index (χ4v) is 3.16. The fourth-order valence-electron chi connectivity index (χ4n) is 2.96. The summed E-state index contributed by atoms with van der Waals surface area (Å²) in [6.45, 7) is 3.19. The van der Waals surface area contributed by atoms with Crippen LogP contribution in [0.5, 0.6) is 0 Å². The molecule has 1 aromatic carbocycles. The van der Waals surface area contributed by atoms with E-state index < -0.39 is 0 Å². The Morgan fingerprint density at radius 2 is 2.21 bits per heavy atom. The van der Waals surface area contributed by atoms with E-state index in [2.05, 4.69) is 16.5 Å². The summed E-state index contributed by atoms with van der Waals surface area (Å²) in [7, 11) is 0. The van der Waals surface area contributed by atoms with Gasteiger partial charge in [0.2, 0.25) is 0 Å². The van der Waals surface area contributed by atoms with Crippen molar-refractivity contribution in [2.75, 3.05) is 0 Å². The normalized spacial score (nSPS) is 17.0. The molecule has 1 aliphatic carbocycles. The Labute approximate surface area is 117 Å². The number of rotatable bonds is 5. The average Bonchev–Trinajstić information content (AvgIpc) is 3.06. The van der Waals surface area contributed by atoms with E-state index in [-0.39, 0.29) is 5.82 Å². The molecule has 0 aliphatic heterocycles. The third kappa shape index (κ3) is 2.36. The molecule has 1 heterocycles. The van der Waals surface area contributed by atoms with Crippen molar-refractivity contribution >= 4 is 22.6 Å². The van der Waals surface area contributed by atoms with Gasteiger partial charge in [-0.3, -0.25) is 0 Å². The Bertz CT molecular complexity index is 601. The predicted octanol–water partition coefficient (Wildman–Crippen LogP) is 4.49. The number of alkyl halides is 1. The third-order valence-electron chi connectivity index (χ3n) is 4.14. The van der Waals surface area contributed by atoms with Crippen LogP contribution in [0.4, 0.5) is 4.39 Å². The van der Waals surface area contributed by atoms with Crippen LogP contribution in [0.3, 0.4) is 0 Å². The number of imidazole rings is 1. The first-order valence-electron chi connectivity index (χ1n) is 6.88. The summed E-state index contributed by atoms with van der Waals surface area (Å²) < 4.78 is 15.5. The molecule has 1 fully saturated rings. The second-order valence-corrected chi connectivity index (χ2v) is 5.90. The molecule has 0 bridgehead atoms. The minimum absolute atomic E-state index is 0.243. The van der Waals surface area contributed by atoms with Crippen molar-refractivity contribution in [3.63, 3.8) is 0 Å². The van der Waals surface area contributed by atoms with Crippen LogP contribution in [0.25, 0.3) is 11.0 Å². The quantitative estimate of drug-likeness (QED) is 0.738. The second-order valence-electron chi connectivity index (χ2n) is 5.63. The molecule has 1 aromatic heterocycles. The van der Waals surface area contributed by atoms with Gasteiger partial charge in [-0.2, -0.15) is 0 Å². The minimum Gasteiger partial charge on any atom is -0.326 e. The van der Waals surface area contributed by atoms with E-state index in [9.17, 15) is 4.39 Å². The molecule has 0 amide bonds. The van der Waals surface area contributed by atoms with Gasteiger partial charge in [0.1, 0.15) is 11.6 Å². The lowest BCUT2D eigenvalue weighted by Crippen LogP contribution is -2.13. The lowest BCUT2D eigenvalue weighted by Gasteiger charge is -2.17. The highest BCUT2D eigenvalue weighted by molar-refractivity contribution is 6.16. The number of hydrogen-bond donors (Lipinski definition) is 0. The molecule has 2 nitrogen and oxygen atoms in total. The Balaban J connectivity index is 2.01. The number of halogens is 2. The number of aromatic nitrogens is 2. The molecule has 0 saturated heterocycles. The van der Waals surface area contributed by atoms with Crippen LogP contribution in [0.15, 0.2) is 18.2 Å². The number of hydrogen-bond acceptors (Lipinski definition) is 1. The molecule has 4 heteroatoms. The van der Waals surface area contributed by atoms with E-state index in [1.807, 2.05) is 6.07 Å². The van der Waals surface area contributed by atoms with Crippen molar-refractivity contribution in [2.45, 2.75) is 45.0 Å². The highest BCUT2D eigenvalue weighted by Crippen LogP contribution is 2.51. The monoisotopic (exact) mass is 280 g/mol. The van der Waals surface area contributed by atoms with Crippen molar-refractivity contribution in [1.29, 1.82) is 0 Å². The molecule has 0 atom stereocenters. The molecule has 3 rings (SSSR count). The van der Waals surface area contributed by atoms with Crippen LogP contribution < -0.4 is 0 Å². The zero-order chi connectivity index (χ0) is 13.5. The third-order valence-corrected chi connectivity index (χ3v) is 4.38. The molecule has 1 saturated carbocycles. The Kier molecular flexibility index (Phi) is 3.25. The van der Waals surface area contributed by atoms with E-state index in [0.29, 0.717) is 16.8 Å². The Morgan fingerprint density at radius 3 is 2.84 bits per heavy atom. The minimum atomic E-state index is -0.243. The lowest BCUT2D eigenvalue weighted by molar-refractivity contribution is 0.389. The van der Waals surface area contributed by atoms with Crippen molar-refractivity contribution in [3.05, 3.63) is 29.8 Å². The van der Waals surface area contributed by atoms with Gasteiger partial charge in [0.15, 0.2) is 0 Å². The number of fused-ring (bicyclic) bond motifs is 1. The first-order chi connectivity index (χ1) is 9.17. The molecule has 0 radical (unpaired) electrons. The van der Waals surface area contributed by atoms with E-state index in [1.165, 1.54) is 37.8 Å². The molecule has 0 spiro atoms. The second kappa shape index (κ2) is 4.78. The summed E-state index contributed by atoms with van der Waals surface area (Å²) in [4.78, 5) is 4.46. The van der Waals surface area contributed by atoms with E-state index in [1.54, 1.807) is 0 Å². The summed E-state index contributed by atoms with van der Waals surface area (Å²) in [5.74, 6) is 0.982. The van der Waals surface area contributed by atoms with Crippen molar-refractivity contribution in [1.82, 2.24) is 9.55 Å². The standard InChI is InChI=1S/C15H18ClFN2/c1-2-5-15(6-7-15)10-19-13-4-3-11(17)8-12(13)18-14(19)9-16/h3-4,8H,2,5-7,9-10H2,1H3. The summed E-state index contributed by atoms with van der Waals surface area (Å²) in [6, 6.07) is 4.80. The maximum atomic E-state index is 13.3. The van der Waals surface area contributed by atoms with Crippen molar-refractivity contribution in [3.8, 4) is 0 Å². The number of benzene rings is 1. The highest BCUT2D eigenvalue weighted by atomic mass is 35.5. The molecule has 0 N–H and O–H groups in total. The van der Waals surface area contributed by atoms with Crippen LogP contribution in [-0.4, -0.2) is 9.55 Å². The summed E-state index contributed by atoms with van der Waals surface area (Å²) in [5, 5.41) is 0. The zero-order valence-electron chi connectivity index (χ0n) is 11.1. The van der Waals surface area contributed by atoms with Crippen LogP contribution in [0, 0.1) is 11.2 Å². The summed E-state index contributed by atoms with van der Waals surface area (Å²) in [5.41, 5.74) is 2.14. The van der Waals surface area contributed by atoms with Gasteiger partial charge < -0.3 is 4.57 Å². The Morgan fingerprint density at radius 1 is 1.42 bits per heavy atom. The van der Waals surface area contributed by atoms with Crippen LogP contribution in [0.1, 0.15) is 38.4 Å². The zero-order valence-corrected chi connectivity index (χ0v) is 11.9. The topological polar surface area (TPSA) is 17.8 Å². The van der Waals surface area contributed by atoms with Crippen LogP contribution >= 0.6 is 11.6 Å². The van der Waals surface area contributed by atoms with Gasteiger partial charge in [-0.25, -0.2) is 9.37 Å². The van der Waals surface area contributed by atoms with Gasteiger partial charge in [-0.15, -0.1) is 11.6 Å². The van der Waals surface area contributed by atoms with E-state index in [4.69, 9.17) is 11.6 Å². The maximum absolute atomic E-state index is 13.3. The highest BCUT2D eigenvalue weighted by Gasteiger charge is 2.42. The average molecular weight is 281 g/mol. The molecular weight excluding hydrogens is 263 g/mol. The van der Waals surface area contributed by atoms with Crippen molar-refractivity contribution in [2.24, 2.45) is 5.41 Å². The van der Waals surface area contributed by atoms with Crippen LogP contribution in [-0.2, 0) is 12.4 Å². The van der Waals surface area contributed by atoms with Crippen molar-refractivity contribution < 1.29 is 4.39 Å². The lowest BCUT2D eigenvalue weighted by atomic mass is 10.0. The predicted molar refractivity (Wildman–Crippen MR) is 75.8 cm³/mol. The van der Waals surface area contributed by atoms with Gasteiger partial charge in [-0.05, 0) is 36.8 Å². The summed E-state index contributed by atoms with van der Waals surface area (Å²) >= 11 is 5.99.